The third kappa shape index (κ3) is 4.47. The highest BCUT2D eigenvalue weighted by atomic mass is 35.5. The maximum atomic E-state index is 12.4. The van der Waals surface area contributed by atoms with Gasteiger partial charge in [0, 0.05) is 16.9 Å². The Kier molecular flexibility index (Phi) is 5.48. The molecule has 0 fully saturated rings. The number of hydrogen-bond donors (Lipinski definition) is 1. The second kappa shape index (κ2) is 7.96. The smallest absolute Gasteiger partial charge is 0.258 e. The van der Waals surface area contributed by atoms with Crippen molar-refractivity contribution in [1.82, 2.24) is 0 Å². The zero-order valence-electron chi connectivity index (χ0n) is 13.4. The summed E-state index contributed by atoms with van der Waals surface area (Å²) in [5, 5.41) is 5.97. The number of methoxy groups -OCH3 is 1. The Morgan fingerprint density at radius 3 is 2.52 bits per heavy atom. The van der Waals surface area contributed by atoms with E-state index in [0.717, 1.165) is 11.3 Å². The van der Waals surface area contributed by atoms with Crippen LogP contribution in [0.4, 0.5) is 10.7 Å². The molecule has 0 aliphatic carbocycles. The molecule has 0 radical (unpaired) electrons. The maximum absolute atomic E-state index is 12.4. The standard InChI is InChI=1S/C19H15ClN2O2S/c1-24-16-8-2-13(3-9-16)12-21-19-17(10-11-25-19)18(23)22-15-6-4-14(20)5-7-15/h2-12H,1H3,(H,22,23). The maximum Gasteiger partial charge on any atom is 0.258 e. The van der Waals surface area contributed by atoms with Crippen LogP contribution in [0, 0.1) is 0 Å². The molecule has 0 aliphatic rings. The van der Waals surface area contributed by atoms with Gasteiger partial charge < -0.3 is 10.1 Å². The van der Waals surface area contributed by atoms with Crippen LogP contribution < -0.4 is 10.1 Å². The Hall–Kier alpha value is -2.63. The van der Waals surface area contributed by atoms with E-state index in [1.54, 1.807) is 43.7 Å². The van der Waals surface area contributed by atoms with Gasteiger partial charge in [0.1, 0.15) is 10.8 Å². The Labute approximate surface area is 154 Å². The Balaban J connectivity index is 1.73. The zero-order chi connectivity index (χ0) is 17.6. The largest absolute Gasteiger partial charge is 0.497 e. The number of nitrogens with zero attached hydrogens (tertiary/aromatic N) is 1. The average Bonchev–Trinajstić information content (AvgIpc) is 3.11. The number of ether oxygens (including phenoxy) is 1. The first-order valence-electron chi connectivity index (χ1n) is 7.48. The highest BCUT2D eigenvalue weighted by Gasteiger charge is 2.12. The Morgan fingerprint density at radius 2 is 1.84 bits per heavy atom. The van der Waals surface area contributed by atoms with Gasteiger partial charge in [-0.25, -0.2) is 4.99 Å². The number of thiophene rings is 1. The Morgan fingerprint density at radius 1 is 1.12 bits per heavy atom. The predicted molar refractivity (Wildman–Crippen MR) is 104 cm³/mol. The lowest BCUT2D eigenvalue weighted by Crippen LogP contribution is -2.10. The van der Waals surface area contributed by atoms with E-state index >= 15 is 0 Å². The summed E-state index contributed by atoms with van der Waals surface area (Å²) < 4.78 is 5.13. The van der Waals surface area contributed by atoms with Crippen LogP contribution in [0.25, 0.3) is 0 Å². The van der Waals surface area contributed by atoms with Gasteiger partial charge in [0.2, 0.25) is 0 Å². The topological polar surface area (TPSA) is 50.7 Å². The normalized spacial score (nSPS) is 10.8. The number of carbonyl (C=O) groups is 1. The fourth-order valence-electron chi connectivity index (χ4n) is 2.13. The number of aliphatic imine (C=N–C) groups is 1. The van der Waals surface area contributed by atoms with E-state index in [0.29, 0.717) is 21.3 Å². The van der Waals surface area contributed by atoms with E-state index in [1.807, 2.05) is 29.6 Å². The van der Waals surface area contributed by atoms with Crippen molar-refractivity contribution in [3.63, 3.8) is 0 Å². The van der Waals surface area contributed by atoms with Gasteiger partial charge >= 0.3 is 0 Å². The molecule has 2 aromatic carbocycles. The van der Waals surface area contributed by atoms with Crippen LogP contribution in [-0.4, -0.2) is 19.2 Å². The molecular weight excluding hydrogens is 356 g/mol. The number of halogens is 1. The fourth-order valence-corrected chi connectivity index (χ4v) is 2.99. The number of hydrogen-bond acceptors (Lipinski definition) is 4. The number of anilines is 1. The van der Waals surface area contributed by atoms with Crippen molar-refractivity contribution in [3.8, 4) is 5.75 Å². The number of carbonyl (C=O) groups excluding carboxylic acids is 1. The first-order chi connectivity index (χ1) is 12.2. The van der Waals surface area contributed by atoms with Crippen molar-refractivity contribution in [3.05, 3.63) is 76.1 Å². The monoisotopic (exact) mass is 370 g/mol. The van der Waals surface area contributed by atoms with E-state index in [4.69, 9.17) is 16.3 Å². The van der Waals surface area contributed by atoms with Gasteiger partial charge in [-0.1, -0.05) is 11.6 Å². The molecule has 0 atom stereocenters. The molecule has 4 nitrogen and oxygen atoms in total. The van der Waals surface area contributed by atoms with Crippen molar-refractivity contribution in [1.29, 1.82) is 0 Å². The lowest BCUT2D eigenvalue weighted by molar-refractivity contribution is 0.102. The Bertz CT molecular complexity index is 887. The summed E-state index contributed by atoms with van der Waals surface area (Å²) in [6, 6.07) is 16.3. The molecule has 1 N–H and O–H groups in total. The fraction of sp³-hybridized carbons (Fsp3) is 0.0526. The summed E-state index contributed by atoms with van der Waals surface area (Å²) in [6.07, 6.45) is 1.73. The minimum absolute atomic E-state index is 0.203. The molecule has 126 valence electrons. The van der Waals surface area contributed by atoms with Gasteiger partial charge in [-0.3, -0.25) is 4.79 Å². The van der Waals surface area contributed by atoms with Crippen LogP contribution >= 0.6 is 22.9 Å². The molecule has 3 rings (SSSR count). The van der Waals surface area contributed by atoms with Crippen LogP contribution in [0.3, 0.4) is 0 Å². The van der Waals surface area contributed by atoms with Crippen LogP contribution in [0.15, 0.2) is 65.0 Å². The SMILES string of the molecule is COc1ccc(C=Nc2sccc2C(=O)Nc2ccc(Cl)cc2)cc1. The summed E-state index contributed by atoms with van der Waals surface area (Å²) in [5.41, 5.74) is 2.15. The van der Waals surface area contributed by atoms with Gasteiger partial charge in [0.05, 0.1) is 12.7 Å². The van der Waals surface area contributed by atoms with Gasteiger partial charge in [0.25, 0.3) is 5.91 Å². The second-order valence-electron chi connectivity index (χ2n) is 5.13. The summed E-state index contributed by atoms with van der Waals surface area (Å²) in [5.74, 6) is 0.585. The molecule has 1 aromatic heterocycles. The average molecular weight is 371 g/mol. The molecule has 0 saturated carbocycles. The molecule has 0 unspecified atom stereocenters. The van der Waals surface area contributed by atoms with Crippen molar-refractivity contribution in [2.45, 2.75) is 0 Å². The third-order valence-corrected chi connectivity index (χ3v) is 4.51. The molecule has 0 aliphatic heterocycles. The van der Waals surface area contributed by atoms with Gasteiger partial charge in [-0.05, 0) is 65.5 Å². The molecule has 25 heavy (non-hydrogen) atoms. The van der Waals surface area contributed by atoms with Crippen molar-refractivity contribution in [2.24, 2.45) is 4.99 Å². The number of rotatable bonds is 5. The van der Waals surface area contributed by atoms with E-state index in [-0.39, 0.29) is 5.91 Å². The molecule has 0 spiro atoms. The summed E-state index contributed by atoms with van der Waals surface area (Å²) >= 11 is 7.27. The summed E-state index contributed by atoms with van der Waals surface area (Å²) in [7, 11) is 1.63. The molecule has 3 aromatic rings. The minimum atomic E-state index is -0.203. The minimum Gasteiger partial charge on any atom is -0.497 e. The highest BCUT2D eigenvalue weighted by molar-refractivity contribution is 7.14. The summed E-state index contributed by atoms with van der Waals surface area (Å²) in [6.45, 7) is 0. The van der Waals surface area contributed by atoms with E-state index in [9.17, 15) is 4.79 Å². The number of benzene rings is 2. The van der Waals surface area contributed by atoms with Gasteiger partial charge in [-0.2, -0.15) is 0 Å². The van der Waals surface area contributed by atoms with E-state index < -0.39 is 0 Å². The van der Waals surface area contributed by atoms with Gasteiger partial charge in [-0.15, -0.1) is 11.3 Å². The molecule has 1 heterocycles. The van der Waals surface area contributed by atoms with Crippen LogP contribution in [0.2, 0.25) is 5.02 Å². The molecule has 6 heteroatoms. The third-order valence-electron chi connectivity index (χ3n) is 3.44. The van der Waals surface area contributed by atoms with Crippen molar-refractivity contribution >= 4 is 45.7 Å². The first kappa shape index (κ1) is 17.2. The van der Waals surface area contributed by atoms with Crippen LogP contribution in [0.5, 0.6) is 5.75 Å². The van der Waals surface area contributed by atoms with Crippen molar-refractivity contribution in [2.75, 3.05) is 12.4 Å². The van der Waals surface area contributed by atoms with E-state index in [1.165, 1.54) is 11.3 Å². The molecule has 1 amide bonds. The highest BCUT2D eigenvalue weighted by Crippen LogP contribution is 2.27. The van der Waals surface area contributed by atoms with Crippen molar-refractivity contribution < 1.29 is 9.53 Å². The van der Waals surface area contributed by atoms with Gasteiger partial charge in [0.15, 0.2) is 0 Å². The lowest BCUT2D eigenvalue weighted by atomic mass is 10.2. The zero-order valence-corrected chi connectivity index (χ0v) is 15.0. The number of amides is 1. The lowest BCUT2D eigenvalue weighted by Gasteiger charge is -2.04. The van der Waals surface area contributed by atoms with Crippen LogP contribution in [0.1, 0.15) is 15.9 Å². The first-order valence-corrected chi connectivity index (χ1v) is 8.74. The molecule has 0 bridgehead atoms. The molecule has 0 saturated heterocycles. The molecular formula is C19H15ClN2O2S. The van der Waals surface area contributed by atoms with Crippen LogP contribution in [-0.2, 0) is 0 Å². The second-order valence-corrected chi connectivity index (χ2v) is 6.46. The predicted octanol–water partition coefficient (Wildman–Crippen LogP) is 5.41. The quantitative estimate of drug-likeness (QED) is 0.610. The summed E-state index contributed by atoms with van der Waals surface area (Å²) in [4.78, 5) is 16.9. The number of nitrogens with one attached hydrogen (secondary N) is 1. The van der Waals surface area contributed by atoms with E-state index in [2.05, 4.69) is 10.3 Å².